The summed E-state index contributed by atoms with van der Waals surface area (Å²) < 4.78 is 15.8. The average molecular weight is 231 g/mol. The van der Waals surface area contributed by atoms with Crippen LogP contribution in [0.15, 0.2) is 0 Å². The SMILES string of the molecule is COC(=O)N1C[C@@H](O)[C@H]2OC(C)(C)O[C@H]2C1. The molecule has 2 saturated heterocycles. The first-order valence-corrected chi connectivity index (χ1v) is 5.29. The molecule has 6 nitrogen and oxygen atoms in total. The summed E-state index contributed by atoms with van der Waals surface area (Å²) in [5.74, 6) is -0.706. The Morgan fingerprint density at radius 1 is 1.44 bits per heavy atom. The lowest BCUT2D eigenvalue weighted by Gasteiger charge is -2.35. The number of carbonyl (C=O) groups excluding carboxylic acids is 1. The summed E-state index contributed by atoms with van der Waals surface area (Å²) >= 11 is 0. The van der Waals surface area contributed by atoms with Gasteiger partial charge in [-0.15, -0.1) is 0 Å². The van der Waals surface area contributed by atoms with Crippen LogP contribution in [0.1, 0.15) is 13.8 Å². The van der Waals surface area contributed by atoms with E-state index in [4.69, 9.17) is 9.47 Å². The van der Waals surface area contributed by atoms with Gasteiger partial charge in [0.2, 0.25) is 0 Å². The number of nitrogens with zero attached hydrogens (tertiary/aromatic N) is 1. The van der Waals surface area contributed by atoms with Gasteiger partial charge in [0.25, 0.3) is 0 Å². The van der Waals surface area contributed by atoms with Gasteiger partial charge in [-0.25, -0.2) is 4.79 Å². The maximum absolute atomic E-state index is 11.4. The van der Waals surface area contributed by atoms with Crippen LogP contribution in [0.5, 0.6) is 0 Å². The van der Waals surface area contributed by atoms with E-state index in [1.807, 2.05) is 0 Å². The monoisotopic (exact) mass is 231 g/mol. The lowest BCUT2D eigenvalue weighted by atomic mass is 10.0. The molecule has 2 fully saturated rings. The molecule has 1 N–H and O–H groups in total. The molecule has 0 aromatic heterocycles. The van der Waals surface area contributed by atoms with Gasteiger partial charge in [0.05, 0.1) is 20.2 Å². The van der Waals surface area contributed by atoms with Gasteiger partial charge >= 0.3 is 6.09 Å². The Balaban J connectivity index is 2.07. The summed E-state index contributed by atoms with van der Waals surface area (Å²) in [5.41, 5.74) is 0. The molecule has 16 heavy (non-hydrogen) atoms. The van der Waals surface area contributed by atoms with Crippen molar-refractivity contribution in [2.75, 3.05) is 20.2 Å². The third-order valence-corrected chi connectivity index (χ3v) is 2.84. The lowest BCUT2D eigenvalue weighted by molar-refractivity contribution is -0.152. The molecular formula is C10H17NO5. The largest absolute Gasteiger partial charge is 0.453 e. The molecule has 0 aromatic carbocycles. The normalized spacial score (nSPS) is 37.0. The van der Waals surface area contributed by atoms with Crippen LogP contribution < -0.4 is 0 Å². The molecule has 0 saturated carbocycles. The quantitative estimate of drug-likeness (QED) is 0.633. The maximum Gasteiger partial charge on any atom is 0.409 e. The fourth-order valence-corrected chi connectivity index (χ4v) is 2.23. The molecule has 2 aliphatic heterocycles. The highest BCUT2D eigenvalue weighted by atomic mass is 16.8. The fourth-order valence-electron chi connectivity index (χ4n) is 2.23. The van der Waals surface area contributed by atoms with Gasteiger partial charge in [-0.05, 0) is 13.8 Å². The van der Waals surface area contributed by atoms with Gasteiger partial charge in [-0.2, -0.15) is 0 Å². The van der Waals surface area contributed by atoms with Crippen LogP contribution in [0.2, 0.25) is 0 Å². The molecule has 1 amide bonds. The summed E-state index contributed by atoms with van der Waals surface area (Å²) in [4.78, 5) is 12.8. The van der Waals surface area contributed by atoms with E-state index >= 15 is 0 Å². The molecule has 2 aliphatic rings. The first-order chi connectivity index (χ1) is 7.43. The van der Waals surface area contributed by atoms with Crippen molar-refractivity contribution in [3.63, 3.8) is 0 Å². The average Bonchev–Trinajstić information content (AvgIpc) is 2.52. The van der Waals surface area contributed by atoms with Gasteiger partial charge in [0.1, 0.15) is 18.3 Å². The molecule has 0 aromatic rings. The number of carbonyl (C=O) groups is 1. The number of fused-ring (bicyclic) bond motifs is 1. The van der Waals surface area contributed by atoms with Crippen molar-refractivity contribution in [2.45, 2.75) is 37.9 Å². The van der Waals surface area contributed by atoms with Crippen LogP contribution in [0.3, 0.4) is 0 Å². The predicted molar refractivity (Wildman–Crippen MR) is 53.8 cm³/mol. The minimum Gasteiger partial charge on any atom is -0.453 e. The third-order valence-electron chi connectivity index (χ3n) is 2.84. The topological polar surface area (TPSA) is 68.2 Å². The van der Waals surface area contributed by atoms with Crippen molar-refractivity contribution in [1.29, 1.82) is 0 Å². The van der Waals surface area contributed by atoms with Crippen molar-refractivity contribution in [3.8, 4) is 0 Å². The number of aliphatic hydroxyl groups excluding tert-OH is 1. The van der Waals surface area contributed by atoms with E-state index in [1.165, 1.54) is 12.0 Å². The Kier molecular flexibility index (Phi) is 2.81. The minimum atomic E-state index is -0.736. The van der Waals surface area contributed by atoms with Crippen molar-refractivity contribution < 1.29 is 24.1 Å². The molecule has 2 rings (SSSR count). The van der Waals surface area contributed by atoms with Crippen molar-refractivity contribution in [2.24, 2.45) is 0 Å². The van der Waals surface area contributed by atoms with Crippen molar-refractivity contribution in [3.05, 3.63) is 0 Å². The zero-order valence-electron chi connectivity index (χ0n) is 9.67. The first kappa shape index (κ1) is 11.6. The van der Waals surface area contributed by atoms with Gasteiger partial charge in [-0.3, -0.25) is 0 Å². The maximum atomic E-state index is 11.4. The second kappa shape index (κ2) is 3.87. The predicted octanol–water partition coefficient (Wildman–Crippen LogP) is -0.0506. The van der Waals surface area contributed by atoms with Crippen LogP contribution in [-0.4, -0.2) is 60.4 Å². The van der Waals surface area contributed by atoms with Crippen LogP contribution in [-0.2, 0) is 14.2 Å². The second-order valence-corrected chi connectivity index (χ2v) is 4.58. The smallest absolute Gasteiger partial charge is 0.409 e. The summed E-state index contributed by atoms with van der Waals surface area (Å²) in [5, 5.41) is 9.87. The number of amides is 1. The summed E-state index contributed by atoms with van der Waals surface area (Å²) in [6, 6.07) is 0. The number of aliphatic hydroxyl groups is 1. The Bertz CT molecular complexity index is 293. The number of hydrogen-bond acceptors (Lipinski definition) is 5. The van der Waals surface area contributed by atoms with Gasteiger partial charge in [0, 0.05) is 0 Å². The molecule has 0 unspecified atom stereocenters. The van der Waals surface area contributed by atoms with Gasteiger partial charge < -0.3 is 24.2 Å². The van der Waals surface area contributed by atoms with Crippen LogP contribution >= 0.6 is 0 Å². The van der Waals surface area contributed by atoms with Gasteiger partial charge in [-0.1, -0.05) is 0 Å². The highest BCUT2D eigenvalue weighted by Gasteiger charge is 2.49. The fraction of sp³-hybridized carbons (Fsp3) is 0.900. The Morgan fingerprint density at radius 3 is 2.75 bits per heavy atom. The zero-order valence-corrected chi connectivity index (χ0v) is 9.67. The van der Waals surface area contributed by atoms with Crippen LogP contribution in [0.25, 0.3) is 0 Å². The zero-order chi connectivity index (χ0) is 11.9. The molecule has 0 spiro atoms. The van der Waals surface area contributed by atoms with E-state index in [2.05, 4.69) is 4.74 Å². The molecule has 92 valence electrons. The van der Waals surface area contributed by atoms with E-state index in [0.29, 0.717) is 6.54 Å². The number of hydrogen-bond donors (Lipinski definition) is 1. The lowest BCUT2D eigenvalue weighted by Crippen LogP contribution is -2.55. The Labute approximate surface area is 94.1 Å². The van der Waals surface area contributed by atoms with E-state index in [-0.39, 0.29) is 18.8 Å². The molecule has 2 heterocycles. The second-order valence-electron chi connectivity index (χ2n) is 4.58. The minimum absolute atomic E-state index is 0.216. The summed E-state index contributed by atoms with van der Waals surface area (Å²) in [6.07, 6.45) is -1.85. The number of likely N-dealkylation sites (tertiary alicyclic amines) is 1. The number of methoxy groups -OCH3 is 1. The summed E-state index contributed by atoms with van der Waals surface area (Å²) in [7, 11) is 1.32. The number of rotatable bonds is 0. The van der Waals surface area contributed by atoms with Crippen LogP contribution in [0.4, 0.5) is 4.79 Å². The molecule has 0 aliphatic carbocycles. The standard InChI is InChI=1S/C10H17NO5/c1-10(2)15-7-5-11(9(13)14-3)4-6(12)8(7)16-10/h6-8,12H,4-5H2,1-3H3/t6-,7+,8-/m1/s1. The van der Waals surface area contributed by atoms with Crippen molar-refractivity contribution in [1.82, 2.24) is 4.90 Å². The summed E-state index contributed by atoms with van der Waals surface area (Å²) in [6.45, 7) is 4.19. The van der Waals surface area contributed by atoms with E-state index in [1.54, 1.807) is 13.8 Å². The van der Waals surface area contributed by atoms with E-state index < -0.39 is 18.0 Å². The number of ether oxygens (including phenoxy) is 3. The van der Waals surface area contributed by atoms with Crippen LogP contribution in [0, 0.1) is 0 Å². The Hall–Kier alpha value is -0.850. The molecule has 3 atom stereocenters. The molecule has 0 radical (unpaired) electrons. The molecule has 0 bridgehead atoms. The van der Waals surface area contributed by atoms with E-state index in [9.17, 15) is 9.90 Å². The third kappa shape index (κ3) is 2.00. The first-order valence-electron chi connectivity index (χ1n) is 5.29. The highest BCUT2D eigenvalue weighted by Crippen LogP contribution is 2.33. The van der Waals surface area contributed by atoms with Gasteiger partial charge in [0.15, 0.2) is 5.79 Å². The highest BCUT2D eigenvalue weighted by molar-refractivity contribution is 5.67. The van der Waals surface area contributed by atoms with Crippen molar-refractivity contribution >= 4 is 6.09 Å². The molecule has 6 heteroatoms. The number of piperidine rings is 1. The molecular weight excluding hydrogens is 214 g/mol. The van der Waals surface area contributed by atoms with E-state index in [0.717, 1.165) is 0 Å². The number of β-amino-alcohol motifs (C(OH)–C–C–N with tert-alkyl or cyclic N) is 1. The Morgan fingerprint density at radius 2 is 2.12 bits per heavy atom.